The number of likely N-dealkylation sites (tertiary alicyclic amines) is 1. The first kappa shape index (κ1) is 11.4. The van der Waals surface area contributed by atoms with Gasteiger partial charge in [-0.3, -0.25) is 0 Å². The first-order chi connectivity index (χ1) is 7.28. The molecule has 1 atom stereocenters. The Kier molecular flexibility index (Phi) is 3.65. The van der Waals surface area contributed by atoms with Crippen molar-refractivity contribution in [3.05, 3.63) is 0 Å². The van der Waals surface area contributed by atoms with Crippen molar-refractivity contribution in [1.82, 2.24) is 10.2 Å². The molecule has 2 aliphatic rings. The number of ether oxygens (including phenoxy) is 1. The van der Waals surface area contributed by atoms with Crippen molar-refractivity contribution in [2.24, 2.45) is 5.92 Å². The van der Waals surface area contributed by atoms with Crippen LogP contribution in [0.3, 0.4) is 0 Å². The molecule has 1 heterocycles. The lowest BCUT2D eigenvalue weighted by atomic mass is 9.79. The van der Waals surface area contributed by atoms with Crippen LogP contribution in [0, 0.1) is 5.92 Å². The zero-order chi connectivity index (χ0) is 10.7. The summed E-state index contributed by atoms with van der Waals surface area (Å²) < 4.78 is 5.67. The van der Waals surface area contributed by atoms with Gasteiger partial charge in [-0.05, 0) is 51.7 Å². The summed E-state index contributed by atoms with van der Waals surface area (Å²) in [6, 6.07) is 0. The second kappa shape index (κ2) is 4.81. The van der Waals surface area contributed by atoms with Crippen LogP contribution in [-0.4, -0.2) is 50.8 Å². The summed E-state index contributed by atoms with van der Waals surface area (Å²) in [6.07, 6.45) is 5.22. The zero-order valence-electron chi connectivity index (χ0n) is 10.1. The van der Waals surface area contributed by atoms with Crippen molar-refractivity contribution >= 4 is 0 Å². The topological polar surface area (TPSA) is 24.5 Å². The monoisotopic (exact) mass is 212 g/mol. The summed E-state index contributed by atoms with van der Waals surface area (Å²) in [6.45, 7) is 4.84. The third kappa shape index (κ3) is 2.52. The van der Waals surface area contributed by atoms with Gasteiger partial charge in [0.25, 0.3) is 0 Å². The Balaban J connectivity index is 1.76. The molecule has 88 valence electrons. The fraction of sp³-hybridized carbons (Fsp3) is 1.00. The van der Waals surface area contributed by atoms with Gasteiger partial charge in [-0.1, -0.05) is 0 Å². The van der Waals surface area contributed by atoms with E-state index in [4.69, 9.17) is 4.74 Å². The van der Waals surface area contributed by atoms with Crippen LogP contribution >= 0.6 is 0 Å². The van der Waals surface area contributed by atoms with Crippen molar-refractivity contribution in [3.63, 3.8) is 0 Å². The third-order valence-electron chi connectivity index (χ3n) is 4.07. The summed E-state index contributed by atoms with van der Waals surface area (Å²) in [5.41, 5.74) is 0.217. The maximum absolute atomic E-state index is 5.67. The predicted molar refractivity (Wildman–Crippen MR) is 62.1 cm³/mol. The van der Waals surface area contributed by atoms with E-state index in [1.807, 2.05) is 14.2 Å². The molecule has 0 aromatic rings. The van der Waals surface area contributed by atoms with Crippen molar-refractivity contribution in [2.45, 2.75) is 31.3 Å². The van der Waals surface area contributed by atoms with E-state index in [9.17, 15) is 0 Å². The Bertz CT molecular complexity index is 198. The highest BCUT2D eigenvalue weighted by Gasteiger charge is 2.39. The molecule has 0 amide bonds. The fourth-order valence-corrected chi connectivity index (χ4v) is 2.92. The average molecular weight is 212 g/mol. The van der Waals surface area contributed by atoms with E-state index in [-0.39, 0.29) is 5.60 Å². The molecule has 0 aromatic carbocycles. The van der Waals surface area contributed by atoms with Gasteiger partial charge in [-0.25, -0.2) is 0 Å². The SMILES string of the molecule is CNCC1CCN(CC2(OC)CCC2)C1. The van der Waals surface area contributed by atoms with Gasteiger partial charge in [0, 0.05) is 20.2 Å². The molecule has 2 fully saturated rings. The molecule has 2 rings (SSSR count). The number of nitrogens with one attached hydrogen (secondary N) is 1. The average Bonchev–Trinajstić information content (AvgIpc) is 2.60. The molecule has 0 aromatic heterocycles. The summed E-state index contributed by atoms with van der Waals surface area (Å²) in [5.74, 6) is 0.851. The van der Waals surface area contributed by atoms with Gasteiger partial charge in [0.2, 0.25) is 0 Å². The predicted octanol–water partition coefficient (Wildman–Crippen LogP) is 1.10. The summed E-state index contributed by atoms with van der Waals surface area (Å²) in [4.78, 5) is 2.59. The normalized spacial score (nSPS) is 30.4. The van der Waals surface area contributed by atoms with E-state index in [1.54, 1.807) is 0 Å². The molecule has 1 saturated carbocycles. The lowest BCUT2D eigenvalue weighted by Gasteiger charge is -2.43. The van der Waals surface area contributed by atoms with Gasteiger partial charge in [0.05, 0.1) is 5.60 Å². The van der Waals surface area contributed by atoms with Crippen molar-refractivity contribution in [3.8, 4) is 0 Å². The van der Waals surface area contributed by atoms with Crippen LogP contribution in [0.1, 0.15) is 25.7 Å². The van der Waals surface area contributed by atoms with Gasteiger partial charge < -0.3 is 15.0 Å². The van der Waals surface area contributed by atoms with Crippen molar-refractivity contribution < 1.29 is 4.74 Å². The Morgan fingerprint density at radius 1 is 1.47 bits per heavy atom. The molecule has 0 spiro atoms. The molecule has 1 saturated heterocycles. The largest absolute Gasteiger partial charge is 0.377 e. The first-order valence-electron chi connectivity index (χ1n) is 6.20. The van der Waals surface area contributed by atoms with Gasteiger partial charge in [-0.15, -0.1) is 0 Å². The van der Waals surface area contributed by atoms with E-state index in [0.717, 1.165) is 19.0 Å². The van der Waals surface area contributed by atoms with Crippen LogP contribution in [0.15, 0.2) is 0 Å². The highest BCUT2D eigenvalue weighted by Crippen LogP contribution is 2.36. The van der Waals surface area contributed by atoms with Crippen LogP contribution in [-0.2, 0) is 4.74 Å². The number of nitrogens with zero attached hydrogens (tertiary/aromatic N) is 1. The zero-order valence-corrected chi connectivity index (χ0v) is 10.1. The highest BCUT2D eigenvalue weighted by atomic mass is 16.5. The lowest BCUT2D eigenvalue weighted by Crippen LogP contribution is -2.49. The molecule has 3 heteroatoms. The molecule has 3 nitrogen and oxygen atoms in total. The van der Waals surface area contributed by atoms with E-state index in [2.05, 4.69) is 10.2 Å². The van der Waals surface area contributed by atoms with Gasteiger partial charge in [0.1, 0.15) is 0 Å². The molecule has 1 N–H and O–H groups in total. The van der Waals surface area contributed by atoms with Gasteiger partial charge >= 0.3 is 0 Å². The third-order valence-corrected chi connectivity index (χ3v) is 4.07. The maximum Gasteiger partial charge on any atom is 0.0805 e. The molecular formula is C12H24N2O. The number of hydrogen-bond acceptors (Lipinski definition) is 3. The van der Waals surface area contributed by atoms with E-state index in [0.29, 0.717) is 0 Å². The Labute approximate surface area is 93.2 Å². The summed E-state index contributed by atoms with van der Waals surface area (Å²) in [5, 5.41) is 3.28. The molecule has 1 aliphatic carbocycles. The standard InChI is InChI=1S/C12H24N2O/c1-13-8-11-4-7-14(9-11)10-12(15-2)5-3-6-12/h11,13H,3-10H2,1-2H3. The van der Waals surface area contributed by atoms with Gasteiger partial charge in [0.15, 0.2) is 0 Å². The summed E-state index contributed by atoms with van der Waals surface area (Å²) in [7, 11) is 3.92. The number of methoxy groups -OCH3 is 1. The molecule has 0 bridgehead atoms. The van der Waals surface area contributed by atoms with Crippen molar-refractivity contribution in [1.29, 1.82) is 0 Å². The van der Waals surface area contributed by atoms with Crippen LogP contribution in [0.4, 0.5) is 0 Å². The molecular weight excluding hydrogens is 188 g/mol. The molecule has 1 aliphatic heterocycles. The first-order valence-corrected chi connectivity index (χ1v) is 6.20. The van der Waals surface area contributed by atoms with E-state index in [1.165, 1.54) is 38.8 Å². The minimum absolute atomic E-state index is 0.217. The van der Waals surface area contributed by atoms with Crippen LogP contribution < -0.4 is 5.32 Å². The minimum atomic E-state index is 0.217. The fourth-order valence-electron chi connectivity index (χ4n) is 2.92. The van der Waals surface area contributed by atoms with Crippen LogP contribution in [0.5, 0.6) is 0 Å². The number of rotatable bonds is 5. The minimum Gasteiger partial charge on any atom is -0.377 e. The Morgan fingerprint density at radius 3 is 2.80 bits per heavy atom. The smallest absolute Gasteiger partial charge is 0.0805 e. The second-order valence-corrected chi connectivity index (χ2v) is 5.19. The Hall–Kier alpha value is -0.120. The van der Waals surface area contributed by atoms with Crippen molar-refractivity contribution in [2.75, 3.05) is 40.3 Å². The van der Waals surface area contributed by atoms with E-state index >= 15 is 0 Å². The lowest BCUT2D eigenvalue weighted by molar-refractivity contribution is -0.0887. The summed E-state index contributed by atoms with van der Waals surface area (Å²) >= 11 is 0. The quantitative estimate of drug-likeness (QED) is 0.738. The number of hydrogen-bond donors (Lipinski definition) is 1. The van der Waals surface area contributed by atoms with E-state index < -0.39 is 0 Å². The molecule has 15 heavy (non-hydrogen) atoms. The second-order valence-electron chi connectivity index (χ2n) is 5.19. The maximum atomic E-state index is 5.67. The molecule has 0 radical (unpaired) electrons. The van der Waals surface area contributed by atoms with Crippen LogP contribution in [0.25, 0.3) is 0 Å². The van der Waals surface area contributed by atoms with Gasteiger partial charge in [-0.2, -0.15) is 0 Å². The highest BCUT2D eigenvalue weighted by molar-refractivity contribution is 4.94. The molecule has 1 unspecified atom stereocenters. The Morgan fingerprint density at radius 2 is 2.27 bits per heavy atom. The van der Waals surface area contributed by atoms with Crippen LogP contribution in [0.2, 0.25) is 0 Å².